The third-order valence-corrected chi connectivity index (χ3v) is 3.28. The van der Waals surface area contributed by atoms with Crippen molar-refractivity contribution >= 4 is 5.82 Å². The molecule has 2 rings (SSSR count). The average Bonchev–Trinajstić information content (AvgIpc) is 3.26. The molecule has 1 aliphatic carbocycles. The van der Waals surface area contributed by atoms with E-state index in [1.54, 1.807) is 13.2 Å². The highest BCUT2D eigenvalue weighted by Crippen LogP contribution is 2.22. The van der Waals surface area contributed by atoms with Crippen molar-refractivity contribution in [1.29, 1.82) is 0 Å². The maximum atomic E-state index is 13.4. The van der Waals surface area contributed by atoms with E-state index < -0.39 is 0 Å². The third-order valence-electron chi connectivity index (χ3n) is 3.28. The van der Waals surface area contributed by atoms with Crippen LogP contribution in [0.25, 0.3) is 0 Å². The summed E-state index contributed by atoms with van der Waals surface area (Å²) in [7, 11) is 1.67. The summed E-state index contributed by atoms with van der Waals surface area (Å²) in [4.78, 5) is 6.31. The van der Waals surface area contributed by atoms with E-state index in [-0.39, 0.29) is 5.82 Å². The highest BCUT2D eigenvalue weighted by molar-refractivity contribution is 5.47. The molecule has 0 atom stereocenters. The van der Waals surface area contributed by atoms with Gasteiger partial charge in [-0.15, -0.1) is 6.58 Å². The highest BCUT2D eigenvalue weighted by Gasteiger charge is 2.21. The molecule has 0 saturated heterocycles. The van der Waals surface area contributed by atoms with Gasteiger partial charge >= 0.3 is 0 Å². The minimum absolute atomic E-state index is 0.299. The Hall–Kier alpha value is -1.46. The van der Waals surface area contributed by atoms with E-state index in [0.29, 0.717) is 32.3 Å². The zero-order chi connectivity index (χ0) is 14.4. The Balaban J connectivity index is 2.13. The number of nitrogens with zero attached hydrogens (tertiary/aromatic N) is 2. The summed E-state index contributed by atoms with van der Waals surface area (Å²) in [5.41, 5.74) is 0.884. The molecule has 0 radical (unpaired) electrons. The molecule has 0 bridgehead atoms. The number of pyridine rings is 1. The molecule has 1 aliphatic rings. The van der Waals surface area contributed by atoms with E-state index in [1.165, 1.54) is 19.0 Å². The molecule has 1 aromatic heterocycles. The van der Waals surface area contributed by atoms with Crippen LogP contribution in [-0.2, 0) is 11.3 Å². The minimum Gasteiger partial charge on any atom is -0.383 e. The molecule has 0 amide bonds. The van der Waals surface area contributed by atoms with Gasteiger partial charge in [0.05, 0.1) is 12.8 Å². The van der Waals surface area contributed by atoms with Gasteiger partial charge in [0.2, 0.25) is 0 Å². The van der Waals surface area contributed by atoms with Gasteiger partial charge in [-0.3, -0.25) is 0 Å². The van der Waals surface area contributed by atoms with Crippen LogP contribution < -0.4 is 10.2 Å². The Labute approximate surface area is 119 Å². The zero-order valence-electron chi connectivity index (χ0n) is 11.9. The van der Waals surface area contributed by atoms with Crippen molar-refractivity contribution in [3.8, 4) is 0 Å². The molecule has 1 heterocycles. The topological polar surface area (TPSA) is 37.4 Å². The number of nitrogens with one attached hydrogen (secondary N) is 1. The lowest BCUT2D eigenvalue weighted by atomic mass is 10.2. The van der Waals surface area contributed by atoms with Crippen molar-refractivity contribution < 1.29 is 9.13 Å². The number of ether oxygens (including phenoxy) is 1. The Morgan fingerprint density at radius 3 is 3.05 bits per heavy atom. The van der Waals surface area contributed by atoms with Crippen molar-refractivity contribution in [2.75, 3.05) is 31.7 Å². The summed E-state index contributed by atoms with van der Waals surface area (Å²) >= 11 is 0. The Bertz CT molecular complexity index is 449. The molecule has 1 saturated carbocycles. The minimum atomic E-state index is -0.299. The second-order valence-electron chi connectivity index (χ2n) is 5.02. The molecule has 0 unspecified atom stereocenters. The molecular formula is C15H22FN3O. The van der Waals surface area contributed by atoms with Crippen LogP contribution in [-0.4, -0.2) is 37.8 Å². The fourth-order valence-electron chi connectivity index (χ4n) is 2.07. The lowest BCUT2D eigenvalue weighted by Gasteiger charge is -2.24. The van der Waals surface area contributed by atoms with Crippen LogP contribution in [0.4, 0.5) is 10.2 Å². The Morgan fingerprint density at radius 2 is 2.40 bits per heavy atom. The van der Waals surface area contributed by atoms with Crippen molar-refractivity contribution in [1.82, 2.24) is 10.3 Å². The van der Waals surface area contributed by atoms with E-state index in [2.05, 4.69) is 21.8 Å². The molecule has 110 valence electrons. The molecule has 0 aliphatic heterocycles. The molecule has 20 heavy (non-hydrogen) atoms. The van der Waals surface area contributed by atoms with E-state index in [9.17, 15) is 4.39 Å². The maximum absolute atomic E-state index is 13.4. The van der Waals surface area contributed by atoms with Crippen LogP contribution >= 0.6 is 0 Å². The van der Waals surface area contributed by atoms with Crippen LogP contribution in [0.1, 0.15) is 18.4 Å². The van der Waals surface area contributed by atoms with Gasteiger partial charge in [-0.2, -0.15) is 0 Å². The van der Waals surface area contributed by atoms with Gasteiger partial charge in [0, 0.05) is 38.3 Å². The molecule has 4 nitrogen and oxygen atoms in total. The number of aromatic nitrogens is 1. The summed E-state index contributed by atoms with van der Waals surface area (Å²) in [6.45, 7) is 6.38. The number of rotatable bonds is 9. The van der Waals surface area contributed by atoms with E-state index >= 15 is 0 Å². The van der Waals surface area contributed by atoms with E-state index in [4.69, 9.17) is 4.74 Å². The van der Waals surface area contributed by atoms with Crippen LogP contribution in [0.5, 0.6) is 0 Å². The smallest absolute Gasteiger partial charge is 0.141 e. The number of halogens is 1. The Morgan fingerprint density at radius 1 is 1.60 bits per heavy atom. The Kier molecular flexibility index (Phi) is 5.49. The first kappa shape index (κ1) is 14.9. The van der Waals surface area contributed by atoms with Crippen molar-refractivity contribution in [2.45, 2.75) is 25.4 Å². The predicted octanol–water partition coefficient (Wildman–Crippen LogP) is 2.11. The summed E-state index contributed by atoms with van der Waals surface area (Å²) in [5, 5.41) is 3.40. The van der Waals surface area contributed by atoms with E-state index in [0.717, 1.165) is 11.4 Å². The number of hydrogen-bond donors (Lipinski definition) is 1. The summed E-state index contributed by atoms with van der Waals surface area (Å²) in [6, 6.07) is 2.14. The molecule has 0 spiro atoms. The van der Waals surface area contributed by atoms with Gasteiger partial charge in [0.15, 0.2) is 0 Å². The van der Waals surface area contributed by atoms with Gasteiger partial charge in [-0.25, -0.2) is 9.37 Å². The van der Waals surface area contributed by atoms with Gasteiger partial charge in [-0.05, 0) is 18.9 Å². The second-order valence-corrected chi connectivity index (χ2v) is 5.02. The number of anilines is 1. The number of hydrogen-bond acceptors (Lipinski definition) is 4. The summed E-state index contributed by atoms with van der Waals surface area (Å²) in [6.07, 6.45) is 5.49. The average molecular weight is 279 g/mol. The van der Waals surface area contributed by atoms with Gasteiger partial charge < -0.3 is 15.0 Å². The van der Waals surface area contributed by atoms with E-state index in [1.807, 2.05) is 6.08 Å². The molecule has 1 aromatic rings. The second kappa shape index (κ2) is 7.36. The van der Waals surface area contributed by atoms with Gasteiger partial charge in [0.25, 0.3) is 0 Å². The highest BCUT2D eigenvalue weighted by atomic mass is 19.1. The van der Waals surface area contributed by atoms with Crippen LogP contribution in [0.3, 0.4) is 0 Å². The van der Waals surface area contributed by atoms with Crippen LogP contribution in [0.15, 0.2) is 24.9 Å². The van der Waals surface area contributed by atoms with Crippen LogP contribution in [0, 0.1) is 5.82 Å². The first-order chi connectivity index (χ1) is 9.74. The molecule has 1 N–H and O–H groups in total. The van der Waals surface area contributed by atoms with Gasteiger partial charge in [-0.1, -0.05) is 6.08 Å². The standard InChI is InChI=1S/C15H22FN3O/c1-3-6-19(7-8-20-2)15-12(9-13(16)11-18-15)10-17-14-4-5-14/h3,9,11,14,17H,1,4-8,10H2,2H3. The van der Waals surface area contributed by atoms with Crippen molar-refractivity contribution in [3.05, 3.63) is 36.3 Å². The summed E-state index contributed by atoms with van der Waals surface area (Å²) < 4.78 is 18.6. The maximum Gasteiger partial charge on any atom is 0.141 e. The monoisotopic (exact) mass is 279 g/mol. The lowest BCUT2D eigenvalue weighted by Crippen LogP contribution is -2.30. The number of methoxy groups -OCH3 is 1. The van der Waals surface area contributed by atoms with Crippen LogP contribution in [0.2, 0.25) is 0 Å². The fourth-order valence-corrected chi connectivity index (χ4v) is 2.07. The lowest BCUT2D eigenvalue weighted by molar-refractivity contribution is 0.205. The fraction of sp³-hybridized carbons (Fsp3) is 0.533. The normalized spacial score (nSPS) is 14.3. The van der Waals surface area contributed by atoms with Crippen molar-refractivity contribution in [3.63, 3.8) is 0 Å². The van der Waals surface area contributed by atoms with Gasteiger partial charge in [0.1, 0.15) is 11.6 Å². The molecular weight excluding hydrogens is 257 g/mol. The zero-order valence-corrected chi connectivity index (χ0v) is 11.9. The third kappa shape index (κ3) is 4.28. The summed E-state index contributed by atoms with van der Waals surface area (Å²) in [5.74, 6) is 0.503. The predicted molar refractivity (Wildman–Crippen MR) is 78.3 cm³/mol. The first-order valence-electron chi connectivity index (χ1n) is 6.97. The largest absolute Gasteiger partial charge is 0.383 e. The molecule has 0 aromatic carbocycles. The van der Waals surface area contributed by atoms with Crippen molar-refractivity contribution in [2.24, 2.45) is 0 Å². The quantitative estimate of drug-likeness (QED) is 0.703. The SMILES string of the molecule is C=CCN(CCOC)c1ncc(F)cc1CNC1CC1. The first-order valence-corrected chi connectivity index (χ1v) is 6.97. The molecule has 5 heteroatoms. The molecule has 1 fully saturated rings.